The molecule has 3 N–H and O–H groups in total. The molecule has 2 aliphatic rings. The molecule has 0 aromatic rings. The van der Waals surface area contributed by atoms with E-state index >= 15 is 0 Å². The van der Waals surface area contributed by atoms with Crippen LogP contribution in [0.2, 0.25) is 0 Å². The van der Waals surface area contributed by atoms with Gasteiger partial charge in [0, 0.05) is 12.0 Å². The summed E-state index contributed by atoms with van der Waals surface area (Å²) in [6.07, 6.45) is 0.505. The molecule has 0 spiro atoms. The molecule has 96 valence electrons. The van der Waals surface area contributed by atoms with Gasteiger partial charge < -0.3 is 20.1 Å². The van der Waals surface area contributed by atoms with E-state index in [1.165, 1.54) is 0 Å². The summed E-state index contributed by atoms with van der Waals surface area (Å²) in [7, 11) is 0. The third-order valence-electron chi connectivity index (χ3n) is 3.50. The van der Waals surface area contributed by atoms with Gasteiger partial charge in [-0.2, -0.15) is 0 Å². The topological polar surface area (TPSA) is 87.0 Å². The fraction of sp³-hybridized carbons (Fsp3) is 0.750. The number of carbonyl (C=O) groups is 1. The van der Waals surface area contributed by atoms with Gasteiger partial charge in [0.1, 0.15) is 6.10 Å². The predicted molar refractivity (Wildman–Crippen MR) is 58.8 cm³/mol. The van der Waals surface area contributed by atoms with Crippen LogP contribution in [0.15, 0.2) is 11.1 Å². The van der Waals surface area contributed by atoms with E-state index in [0.717, 1.165) is 12.8 Å². The van der Waals surface area contributed by atoms with E-state index in [9.17, 15) is 20.1 Å². The van der Waals surface area contributed by atoms with Crippen LogP contribution in [0.5, 0.6) is 0 Å². The Kier molecular flexibility index (Phi) is 3.25. The molecule has 0 saturated carbocycles. The van der Waals surface area contributed by atoms with Crippen molar-refractivity contribution >= 4 is 5.97 Å². The lowest BCUT2D eigenvalue weighted by Crippen LogP contribution is -2.36. The van der Waals surface area contributed by atoms with Crippen molar-refractivity contribution in [2.45, 2.75) is 57.0 Å². The van der Waals surface area contributed by atoms with E-state index in [1.54, 1.807) is 0 Å². The summed E-state index contributed by atoms with van der Waals surface area (Å²) in [6.45, 7) is 1.98. The van der Waals surface area contributed by atoms with E-state index < -0.39 is 24.0 Å². The summed E-state index contributed by atoms with van der Waals surface area (Å²) in [5.74, 6) is -2.27. The Hall–Kier alpha value is -0.910. The van der Waals surface area contributed by atoms with Crippen LogP contribution in [-0.4, -0.2) is 39.3 Å². The van der Waals surface area contributed by atoms with E-state index in [2.05, 4.69) is 0 Å². The van der Waals surface area contributed by atoms with Crippen molar-refractivity contribution in [1.29, 1.82) is 0 Å². The first kappa shape index (κ1) is 12.5. The van der Waals surface area contributed by atoms with Gasteiger partial charge in [0.25, 0.3) is 0 Å². The summed E-state index contributed by atoms with van der Waals surface area (Å²) in [6, 6.07) is 0. The third-order valence-corrected chi connectivity index (χ3v) is 3.50. The molecule has 2 rings (SSSR count). The normalized spacial score (nSPS) is 37.1. The molecule has 0 bridgehead atoms. The average Bonchev–Trinajstić information content (AvgIpc) is 2.54. The van der Waals surface area contributed by atoms with Gasteiger partial charge in [0.2, 0.25) is 5.79 Å². The molecular formula is C12H18O5. The summed E-state index contributed by atoms with van der Waals surface area (Å²) in [4.78, 5) is 11.6. The largest absolute Gasteiger partial charge is 0.426 e. The van der Waals surface area contributed by atoms with E-state index in [4.69, 9.17) is 4.74 Å². The predicted octanol–water partition coefficient (Wildman–Crippen LogP) is 0.234. The number of esters is 1. The van der Waals surface area contributed by atoms with Crippen LogP contribution in [0.25, 0.3) is 0 Å². The Morgan fingerprint density at radius 2 is 2.18 bits per heavy atom. The molecule has 5 nitrogen and oxygen atoms in total. The maximum Gasteiger partial charge on any atom is 0.339 e. The molecule has 0 amide bonds. The van der Waals surface area contributed by atoms with E-state index in [-0.39, 0.29) is 5.57 Å². The number of rotatable bonds is 3. The van der Waals surface area contributed by atoms with Crippen molar-refractivity contribution in [3.63, 3.8) is 0 Å². The van der Waals surface area contributed by atoms with Crippen LogP contribution in [0.4, 0.5) is 0 Å². The lowest BCUT2D eigenvalue weighted by atomic mass is 9.84. The molecule has 1 aliphatic heterocycles. The van der Waals surface area contributed by atoms with Gasteiger partial charge in [-0.05, 0) is 19.3 Å². The Morgan fingerprint density at radius 3 is 2.82 bits per heavy atom. The van der Waals surface area contributed by atoms with E-state index in [0.29, 0.717) is 24.8 Å². The van der Waals surface area contributed by atoms with Crippen LogP contribution >= 0.6 is 0 Å². The molecule has 0 saturated heterocycles. The summed E-state index contributed by atoms with van der Waals surface area (Å²) >= 11 is 0. The zero-order chi connectivity index (χ0) is 12.6. The quantitative estimate of drug-likeness (QED) is 0.617. The number of unbranched alkanes of at least 4 members (excludes halogenated alkanes) is 1. The van der Waals surface area contributed by atoms with Gasteiger partial charge in [-0.3, -0.25) is 0 Å². The maximum absolute atomic E-state index is 11.6. The maximum atomic E-state index is 11.6. The number of cyclic esters (lactones) is 1. The minimum Gasteiger partial charge on any atom is -0.426 e. The zero-order valence-electron chi connectivity index (χ0n) is 9.85. The molecule has 0 aromatic heterocycles. The Balaban J connectivity index is 2.30. The second-order valence-corrected chi connectivity index (χ2v) is 4.72. The van der Waals surface area contributed by atoms with Gasteiger partial charge in [-0.15, -0.1) is 0 Å². The highest BCUT2D eigenvalue weighted by Gasteiger charge is 2.50. The van der Waals surface area contributed by atoms with Gasteiger partial charge in [-0.1, -0.05) is 13.3 Å². The minimum atomic E-state index is -1.57. The second kappa shape index (κ2) is 4.40. The molecule has 3 atom stereocenters. The zero-order valence-corrected chi connectivity index (χ0v) is 9.85. The van der Waals surface area contributed by atoms with Crippen molar-refractivity contribution in [3.8, 4) is 0 Å². The highest BCUT2D eigenvalue weighted by molar-refractivity contribution is 5.94. The number of aliphatic hydroxyl groups is 3. The van der Waals surface area contributed by atoms with Crippen molar-refractivity contribution in [2.24, 2.45) is 0 Å². The Labute approximate surface area is 99.7 Å². The first-order valence-corrected chi connectivity index (χ1v) is 6.05. The summed E-state index contributed by atoms with van der Waals surface area (Å²) in [5.41, 5.74) is 0.510. The average molecular weight is 242 g/mol. The number of ether oxygens (including phenoxy) is 1. The number of aliphatic hydroxyl groups excluding tert-OH is 2. The molecule has 17 heavy (non-hydrogen) atoms. The van der Waals surface area contributed by atoms with Gasteiger partial charge in [0.15, 0.2) is 0 Å². The minimum absolute atomic E-state index is 0.0577. The molecule has 1 heterocycles. The van der Waals surface area contributed by atoms with Crippen LogP contribution < -0.4 is 0 Å². The van der Waals surface area contributed by atoms with Crippen LogP contribution in [0.1, 0.15) is 39.0 Å². The highest BCUT2D eigenvalue weighted by Crippen LogP contribution is 2.42. The van der Waals surface area contributed by atoms with Gasteiger partial charge in [-0.25, -0.2) is 4.79 Å². The fourth-order valence-electron chi connectivity index (χ4n) is 2.49. The Morgan fingerprint density at radius 1 is 1.47 bits per heavy atom. The molecule has 1 aliphatic carbocycles. The molecule has 0 aromatic carbocycles. The molecule has 2 unspecified atom stereocenters. The third kappa shape index (κ3) is 1.99. The lowest BCUT2D eigenvalue weighted by Gasteiger charge is -2.28. The van der Waals surface area contributed by atoms with Crippen LogP contribution in [0.3, 0.4) is 0 Å². The monoisotopic (exact) mass is 242 g/mol. The fourth-order valence-corrected chi connectivity index (χ4v) is 2.49. The number of hydrogen-bond acceptors (Lipinski definition) is 5. The van der Waals surface area contributed by atoms with Crippen molar-refractivity contribution < 1.29 is 24.9 Å². The molecule has 0 radical (unpaired) electrons. The van der Waals surface area contributed by atoms with E-state index in [1.807, 2.05) is 6.92 Å². The molecular weight excluding hydrogens is 224 g/mol. The number of hydrogen-bond donors (Lipinski definition) is 3. The molecule has 0 fully saturated rings. The second-order valence-electron chi connectivity index (χ2n) is 4.72. The van der Waals surface area contributed by atoms with Crippen molar-refractivity contribution in [2.75, 3.05) is 0 Å². The van der Waals surface area contributed by atoms with Crippen LogP contribution in [-0.2, 0) is 9.53 Å². The smallest absolute Gasteiger partial charge is 0.339 e. The number of carbonyl (C=O) groups excluding carboxylic acids is 1. The Bertz CT molecular complexity index is 362. The SMILES string of the molecule is CCCC[C@@]1(O)OC(=O)C2=C1CCC(O)C2O. The highest BCUT2D eigenvalue weighted by atomic mass is 16.7. The van der Waals surface area contributed by atoms with Crippen molar-refractivity contribution in [1.82, 2.24) is 0 Å². The summed E-state index contributed by atoms with van der Waals surface area (Å²) in [5, 5.41) is 29.6. The lowest BCUT2D eigenvalue weighted by molar-refractivity contribution is -0.184. The molecule has 5 heteroatoms. The first-order valence-electron chi connectivity index (χ1n) is 6.05. The summed E-state index contributed by atoms with van der Waals surface area (Å²) < 4.78 is 4.99. The van der Waals surface area contributed by atoms with Crippen molar-refractivity contribution in [3.05, 3.63) is 11.1 Å². The standard InChI is InChI=1S/C12H18O5/c1-2-3-6-12(16)7-4-5-8(13)10(14)9(7)11(15)17-12/h8,10,13-14,16H,2-6H2,1H3/t8?,10?,12-/m1/s1. The van der Waals surface area contributed by atoms with Crippen LogP contribution in [0, 0.1) is 0 Å². The first-order chi connectivity index (χ1) is 7.99. The van der Waals surface area contributed by atoms with Gasteiger partial charge in [0.05, 0.1) is 11.7 Å². The van der Waals surface area contributed by atoms with Gasteiger partial charge >= 0.3 is 5.97 Å².